The molecule has 0 aromatic heterocycles. The van der Waals surface area contributed by atoms with Gasteiger partial charge >= 0.3 is 6.03 Å². The molecule has 80 valence electrons. The van der Waals surface area contributed by atoms with Crippen LogP contribution < -0.4 is 5.32 Å². The number of rotatable bonds is 1. The molecule has 0 fully saturated rings. The van der Waals surface area contributed by atoms with Crippen LogP contribution in [0.4, 0.5) is 19.3 Å². The zero-order valence-electron chi connectivity index (χ0n) is 8.27. The first-order chi connectivity index (χ1) is 6.50. The molecule has 0 aliphatic carbocycles. The van der Waals surface area contributed by atoms with Crippen molar-refractivity contribution < 1.29 is 35.3 Å². The zero-order valence-corrected chi connectivity index (χ0v) is 9.83. The summed E-state index contributed by atoms with van der Waals surface area (Å²) >= 11 is 0. The smallest absolute Gasteiger partial charge is 0.310 e. The molecule has 1 N–H and O–H groups in total. The Kier molecular flexibility index (Phi) is 5.46. The fourth-order valence-corrected chi connectivity index (χ4v) is 0.767. The van der Waals surface area contributed by atoms with Gasteiger partial charge in [-0.15, -0.1) is 18.2 Å². The summed E-state index contributed by atoms with van der Waals surface area (Å²) in [6, 6.07) is 3.50. The first-order valence-corrected chi connectivity index (χ1v) is 3.86. The Morgan fingerprint density at radius 3 is 2.47 bits per heavy atom. The first-order valence-electron chi connectivity index (χ1n) is 3.86. The number of halogens is 2. The molecule has 2 amide bonds. The molecule has 3 nitrogen and oxygen atoms in total. The minimum absolute atomic E-state index is 0. The van der Waals surface area contributed by atoms with Crippen LogP contribution in [0.1, 0.15) is 0 Å². The minimum Gasteiger partial charge on any atom is -0.359 e. The second-order valence-electron chi connectivity index (χ2n) is 2.86. The van der Waals surface area contributed by atoms with Crippen LogP contribution in [-0.4, -0.2) is 25.0 Å². The maximum Gasteiger partial charge on any atom is 0.310 e. The number of benzene rings is 1. The summed E-state index contributed by atoms with van der Waals surface area (Å²) in [4.78, 5) is 12.3. The number of nitrogens with zero attached hydrogens (tertiary/aromatic N) is 1. The third-order valence-electron chi connectivity index (χ3n) is 1.51. The van der Waals surface area contributed by atoms with Gasteiger partial charge in [-0.1, -0.05) is 0 Å². The molecule has 0 aliphatic rings. The predicted octanol–water partition coefficient (Wildman–Crippen LogP) is 1.86. The van der Waals surface area contributed by atoms with Crippen molar-refractivity contribution in [1.29, 1.82) is 0 Å². The molecular formula is C9H9F2N2OTi-. The third-order valence-corrected chi connectivity index (χ3v) is 1.51. The summed E-state index contributed by atoms with van der Waals surface area (Å²) in [6.07, 6.45) is 0. The van der Waals surface area contributed by atoms with E-state index in [2.05, 4.69) is 5.32 Å². The summed E-state index contributed by atoms with van der Waals surface area (Å²) in [5.74, 6) is -1.72. The normalized spacial score (nSPS) is 9.07. The van der Waals surface area contributed by atoms with Crippen LogP contribution in [0.5, 0.6) is 0 Å². The topological polar surface area (TPSA) is 32.3 Å². The number of amides is 2. The van der Waals surface area contributed by atoms with Crippen molar-refractivity contribution in [3.8, 4) is 0 Å². The molecule has 1 aromatic rings. The molecule has 0 saturated heterocycles. The van der Waals surface area contributed by atoms with Crippen molar-refractivity contribution in [2.24, 2.45) is 0 Å². The molecule has 0 aliphatic heterocycles. The van der Waals surface area contributed by atoms with E-state index in [9.17, 15) is 13.6 Å². The van der Waals surface area contributed by atoms with Crippen LogP contribution in [0, 0.1) is 17.7 Å². The second kappa shape index (κ2) is 5.83. The van der Waals surface area contributed by atoms with Gasteiger partial charge in [-0.05, 0) is 5.69 Å². The van der Waals surface area contributed by atoms with Crippen molar-refractivity contribution in [2.45, 2.75) is 0 Å². The molecule has 0 radical (unpaired) electrons. The second-order valence-corrected chi connectivity index (χ2v) is 2.86. The quantitative estimate of drug-likeness (QED) is 0.596. The monoisotopic (exact) mass is 247 g/mol. The summed E-state index contributed by atoms with van der Waals surface area (Å²) in [5, 5.41) is 2.25. The van der Waals surface area contributed by atoms with Crippen molar-refractivity contribution in [3.63, 3.8) is 0 Å². The van der Waals surface area contributed by atoms with Gasteiger partial charge in [-0.2, -0.15) is 0 Å². The van der Waals surface area contributed by atoms with Crippen LogP contribution in [-0.2, 0) is 21.7 Å². The number of hydrogen-bond acceptors (Lipinski definition) is 1. The third kappa shape index (κ3) is 3.97. The molecule has 0 atom stereocenters. The molecule has 0 heterocycles. The van der Waals surface area contributed by atoms with E-state index in [4.69, 9.17) is 0 Å². The number of nitrogens with one attached hydrogen (secondary N) is 1. The van der Waals surface area contributed by atoms with Crippen molar-refractivity contribution in [1.82, 2.24) is 4.90 Å². The fraction of sp³-hybridized carbons (Fsp3) is 0.222. The molecule has 0 bridgehead atoms. The van der Waals surface area contributed by atoms with Gasteiger partial charge in [0.1, 0.15) is 0 Å². The summed E-state index contributed by atoms with van der Waals surface area (Å²) < 4.78 is 25.4. The van der Waals surface area contributed by atoms with Gasteiger partial charge in [-0.3, -0.25) is 0 Å². The number of urea groups is 1. The zero-order chi connectivity index (χ0) is 10.7. The number of hydrogen-bond donors (Lipinski definition) is 1. The standard InChI is InChI=1S/C9H9F2N2O.Ti/c1-13(2)9(14)12-8-4-3-6(10)5-7(8)11;/h3-4H,1-2H3,(H,12,14);/q-1;. The largest absolute Gasteiger partial charge is 0.359 e. The van der Waals surface area contributed by atoms with Gasteiger partial charge in [0, 0.05) is 47.4 Å². The predicted molar refractivity (Wildman–Crippen MR) is 47.9 cm³/mol. The van der Waals surface area contributed by atoms with Crippen LogP contribution in [0.25, 0.3) is 0 Å². The number of carbonyl (C=O) groups is 1. The first kappa shape index (κ1) is 14.1. The molecule has 0 spiro atoms. The number of carbonyl (C=O) groups excluding carboxylic acids is 1. The molecular weight excluding hydrogens is 238 g/mol. The maximum atomic E-state index is 12.9. The SMILES string of the molecule is CN(C)C(=O)Nc1ccc(F)[c-]c1F.[Ti]. The van der Waals surface area contributed by atoms with Gasteiger partial charge in [0.05, 0.1) is 0 Å². The Morgan fingerprint density at radius 1 is 1.40 bits per heavy atom. The molecule has 1 rings (SSSR count). The van der Waals surface area contributed by atoms with Crippen LogP contribution in [0.15, 0.2) is 12.1 Å². The Labute approximate surface area is 101 Å². The van der Waals surface area contributed by atoms with E-state index in [0.29, 0.717) is 0 Å². The van der Waals surface area contributed by atoms with Crippen LogP contribution in [0.3, 0.4) is 0 Å². The summed E-state index contributed by atoms with van der Waals surface area (Å²) in [5.41, 5.74) is -0.0925. The maximum absolute atomic E-state index is 12.9. The molecule has 0 unspecified atom stereocenters. The average Bonchev–Trinajstić information content (AvgIpc) is 2.09. The van der Waals surface area contributed by atoms with Gasteiger partial charge in [0.2, 0.25) is 0 Å². The van der Waals surface area contributed by atoms with E-state index in [1.807, 2.05) is 6.07 Å². The summed E-state index contributed by atoms with van der Waals surface area (Å²) in [7, 11) is 3.03. The van der Waals surface area contributed by atoms with E-state index < -0.39 is 17.7 Å². The van der Waals surface area contributed by atoms with Gasteiger partial charge in [0.25, 0.3) is 0 Å². The number of anilines is 1. The molecule has 6 heteroatoms. The molecule has 0 saturated carbocycles. The average molecular weight is 247 g/mol. The molecule has 1 aromatic carbocycles. The summed E-state index contributed by atoms with van der Waals surface area (Å²) in [6.45, 7) is 0. The Hall–Kier alpha value is -0.936. The minimum atomic E-state index is -0.916. The van der Waals surface area contributed by atoms with E-state index >= 15 is 0 Å². The van der Waals surface area contributed by atoms with Crippen LogP contribution >= 0.6 is 0 Å². The van der Waals surface area contributed by atoms with Gasteiger partial charge < -0.3 is 10.2 Å². The van der Waals surface area contributed by atoms with Crippen LogP contribution in [0.2, 0.25) is 0 Å². The molecule has 15 heavy (non-hydrogen) atoms. The Bertz CT molecular complexity index is 358. The Morgan fingerprint density at radius 2 is 2.00 bits per heavy atom. The van der Waals surface area contributed by atoms with Crippen molar-refractivity contribution in [3.05, 3.63) is 29.8 Å². The van der Waals surface area contributed by atoms with Gasteiger partial charge in [-0.25, -0.2) is 13.6 Å². The van der Waals surface area contributed by atoms with Gasteiger partial charge in [0.15, 0.2) is 0 Å². The Balaban J connectivity index is 0.00000196. The van der Waals surface area contributed by atoms with E-state index in [1.54, 1.807) is 0 Å². The van der Waals surface area contributed by atoms with Crippen molar-refractivity contribution >= 4 is 11.7 Å². The van der Waals surface area contributed by atoms with E-state index in [1.165, 1.54) is 19.0 Å². The van der Waals surface area contributed by atoms with Crippen molar-refractivity contribution in [2.75, 3.05) is 19.4 Å². The van der Waals surface area contributed by atoms with E-state index in [-0.39, 0.29) is 27.4 Å². The van der Waals surface area contributed by atoms with E-state index in [0.717, 1.165) is 12.1 Å². The fourth-order valence-electron chi connectivity index (χ4n) is 0.767.